The van der Waals surface area contributed by atoms with Crippen molar-refractivity contribution in [3.8, 4) is 0 Å². The molecule has 0 amide bonds. The lowest BCUT2D eigenvalue weighted by Gasteiger charge is -2.08. The maximum Gasteiger partial charge on any atom is 0.0832 e. The number of aliphatic hydroxyl groups is 1. The molecule has 2 aromatic rings. The molecule has 1 aliphatic carbocycles. The van der Waals surface area contributed by atoms with E-state index in [1.54, 1.807) is 11.3 Å². The summed E-state index contributed by atoms with van der Waals surface area (Å²) < 4.78 is 1.24. The van der Waals surface area contributed by atoms with E-state index in [0.29, 0.717) is 11.8 Å². The van der Waals surface area contributed by atoms with Crippen LogP contribution in [0.15, 0.2) is 41.8 Å². The van der Waals surface area contributed by atoms with Gasteiger partial charge in [0.2, 0.25) is 0 Å². The zero-order valence-electron chi connectivity index (χ0n) is 9.21. The first-order chi connectivity index (χ1) is 8.25. The van der Waals surface area contributed by atoms with Crippen molar-refractivity contribution < 1.29 is 5.11 Å². The van der Waals surface area contributed by atoms with Crippen LogP contribution >= 0.6 is 33.9 Å². The van der Waals surface area contributed by atoms with Gasteiger partial charge in [-0.1, -0.05) is 30.3 Å². The molecule has 1 nitrogen and oxygen atoms in total. The van der Waals surface area contributed by atoms with Crippen molar-refractivity contribution in [1.29, 1.82) is 0 Å². The van der Waals surface area contributed by atoms with Crippen LogP contribution in [0.25, 0.3) is 0 Å². The summed E-state index contributed by atoms with van der Waals surface area (Å²) in [5.41, 5.74) is 2.45. The highest BCUT2D eigenvalue weighted by atomic mass is 127. The molecule has 3 unspecified atom stereocenters. The Hall–Kier alpha value is -0.390. The van der Waals surface area contributed by atoms with Gasteiger partial charge in [-0.2, -0.15) is 0 Å². The zero-order valence-corrected chi connectivity index (χ0v) is 12.2. The molecule has 3 heteroatoms. The monoisotopic (exact) mass is 356 g/mol. The standard InChI is InChI=1S/C14H13IOS/c15-13-6-10(8-17-13)14(16)12-7-11(12)9-4-2-1-3-5-9/h1-6,8,11-12,14,16H,7H2. The SMILES string of the molecule is OC(c1csc(I)c1)C1CC1c1ccccc1. The molecule has 1 heterocycles. The predicted octanol–water partition coefficient (Wildman–Crippen LogP) is 4.19. The average Bonchev–Trinajstić information content (AvgIpc) is 3.05. The third-order valence-electron chi connectivity index (χ3n) is 3.40. The second kappa shape index (κ2) is 4.71. The summed E-state index contributed by atoms with van der Waals surface area (Å²) in [5, 5.41) is 12.4. The highest BCUT2D eigenvalue weighted by molar-refractivity contribution is 14.1. The minimum Gasteiger partial charge on any atom is -0.388 e. The Morgan fingerprint density at radius 3 is 2.71 bits per heavy atom. The molecule has 1 aliphatic rings. The summed E-state index contributed by atoms with van der Waals surface area (Å²) in [6.45, 7) is 0. The molecule has 0 saturated heterocycles. The van der Waals surface area contributed by atoms with Crippen LogP contribution in [0.2, 0.25) is 0 Å². The Kier molecular flexibility index (Phi) is 3.23. The van der Waals surface area contributed by atoms with Gasteiger partial charge in [-0.15, -0.1) is 11.3 Å². The second-order valence-corrected chi connectivity index (χ2v) is 7.35. The summed E-state index contributed by atoms with van der Waals surface area (Å²) in [6.07, 6.45) is 0.817. The molecular weight excluding hydrogens is 343 g/mol. The first-order valence-electron chi connectivity index (χ1n) is 5.72. The van der Waals surface area contributed by atoms with Crippen LogP contribution < -0.4 is 0 Å². The molecule has 1 N–H and O–H groups in total. The van der Waals surface area contributed by atoms with Crippen LogP contribution in [-0.4, -0.2) is 5.11 Å². The van der Waals surface area contributed by atoms with Crippen LogP contribution in [0.5, 0.6) is 0 Å². The van der Waals surface area contributed by atoms with Gasteiger partial charge < -0.3 is 5.11 Å². The lowest BCUT2D eigenvalue weighted by atomic mass is 10.0. The Labute approximate surface area is 119 Å². The number of aliphatic hydroxyl groups excluding tert-OH is 1. The van der Waals surface area contributed by atoms with Gasteiger partial charge in [0.1, 0.15) is 0 Å². The van der Waals surface area contributed by atoms with Gasteiger partial charge in [0, 0.05) is 0 Å². The minimum atomic E-state index is -0.292. The normalized spacial score (nSPS) is 24.6. The van der Waals surface area contributed by atoms with Crippen molar-refractivity contribution in [3.63, 3.8) is 0 Å². The molecule has 0 radical (unpaired) electrons. The predicted molar refractivity (Wildman–Crippen MR) is 79.3 cm³/mol. The Morgan fingerprint density at radius 2 is 2.06 bits per heavy atom. The highest BCUT2D eigenvalue weighted by Crippen LogP contribution is 2.54. The van der Waals surface area contributed by atoms with Crippen LogP contribution in [0.3, 0.4) is 0 Å². The molecule has 1 saturated carbocycles. The van der Waals surface area contributed by atoms with E-state index in [-0.39, 0.29) is 6.10 Å². The van der Waals surface area contributed by atoms with Gasteiger partial charge >= 0.3 is 0 Å². The molecule has 88 valence electrons. The van der Waals surface area contributed by atoms with Crippen molar-refractivity contribution >= 4 is 33.9 Å². The first-order valence-corrected chi connectivity index (χ1v) is 7.68. The molecular formula is C14H13IOS. The molecule has 0 aliphatic heterocycles. The highest BCUT2D eigenvalue weighted by Gasteiger charge is 2.43. The van der Waals surface area contributed by atoms with E-state index >= 15 is 0 Å². The molecule has 1 fully saturated rings. The van der Waals surface area contributed by atoms with Crippen molar-refractivity contribution in [2.24, 2.45) is 5.92 Å². The minimum absolute atomic E-state index is 0.292. The quantitative estimate of drug-likeness (QED) is 0.818. The first kappa shape index (κ1) is 11.7. The molecule has 1 aromatic heterocycles. The fraction of sp³-hybridized carbons (Fsp3) is 0.286. The van der Waals surface area contributed by atoms with E-state index in [9.17, 15) is 5.11 Å². The Balaban J connectivity index is 1.73. The largest absolute Gasteiger partial charge is 0.388 e. The fourth-order valence-corrected chi connectivity index (χ4v) is 3.77. The summed E-state index contributed by atoms with van der Waals surface area (Å²) in [6, 6.07) is 12.6. The lowest BCUT2D eigenvalue weighted by molar-refractivity contribution is 0.151. The van der Waals surface area contributed by atoms with Crippen molar-refractivity contribution in [3.05, 3.63) is 55.8 Å². The van der Waals surface area contributed by atoms with Gasteiger partial charge in [-0.25, -0.2) is 0 Å². The van der Waals surface area contributed by atoms with E-state index < -0.39 is 0 Å². The van der Waals surface area contributed by atoms with Crippen LogP contribution in [0.4, 0.5) is 0 Å². The van der Waals surface area contributed by atoms with Crippen LogP contribution in [0, 0.1) is 8.80 Å². The number of halogens is 1. The van der Waals surface area contributed by atoms with Gasteiger partial charge in [-0.05, 0) is 63.4 Å². The summed E-state index contributed by atoms with van der Waals surface area (Å²) in [7, 11) is 0. The van der Waals surface area contributed by atoms with Gasteiger partial charge in [0.05, 0.1) is 8.99 Å². The molecule has 1 aromatic carbocycles. The molecule has 3 atom stereocenters. The number of rotatable bonds is 3. The fourth-order valence-electron chi connectivity index (χ4n) is 2.37. The maximum atomic E-state index is 10.3. The lowest BCUT2D eigenvalue weighted by Crippen LogP contribution is -1.99. The van der Waals surface area contributed by atoms with Gasteiger partial charge in [0.25, 0.3) is 0 Å². The molecule has 17 heavy (non-hydrogen) atoms. The Bertz CT molecular complexity index is 508. The Morgan fingerprint density at radius 1 is 1.29 bits per heavy atom. The molecule has 3 rings (SSSR count). The van der Waals surface area contributed by atoms with Crippen LogP contribution in [0.1, 0.15) is 29.6 Å². The number of thiophene rings is 1. The van der Waals surface area contributed by atoms with E-state index in [1.807, 2.05) is 6.07 Å². The zero-order chi connectivity index (χ0) is 11.8. The summed E-state index contributed by atoms with van der Waals surface area (Å²) in [4.78, 5) is 0. The topological polar surface area (TPSA) is 20.2 Å². The molecule has 0 spiro atoms. The smallest absolute Gasteiger partial charge is 0.0832 e. The summed E-state index contributed by atoms with van der Waals surface area (Å²) in [5.74, 6) is 0.951. The van der Waals surface area contributed by atoms with E-state index in [4.69, 9.17) is 0 Å². The van der Waals surface area contributed by atoms with Crippen molar-refractivity contribution in [1.82, 2.24) is 0 Å². The van der Waals surface area contributed by atoms with Crippen molar-refractivity contribution in [2.45, 2.75) is 18.4 Å². The van der Waals surface area contributed by atoms with E-state index in [1.165, 1.54) is 8.45 Å². The molecule has 0 bridgehead atoms. The van der Waals surface area contributed by atoms with Crippen LogP contribution in [-0.2, 0) is 0 Å². The summed E-state index contributed by atoms with van der Waals surface area (Å²) >= 11 is 4.00. The van der Waals surface area contributed by atoms with E-state index in [0.717, 1.165) is 12.0 Å². The third-order valence-corrected chi connectivity index (χ3v) is 5.21. The van der Waals surface area contributed by atoms with Gasteiger partial charge in [0.15, 0.2) is 0 Å². The third kappa shape index (κ3) is 2.41. The van der Waals surface area contributed by atoms with Crippen molar-refractivity contribution in [2.75, 3.05) is 0 Å². The number of hydrogen-bond acceptors (Lipinski definition) is 2. The van der Waals surface area contributed by atoms with E-state index in [2.05, 4.69) is 58.3 Å². The average molecular weight is 356 g/mol. The van der Waals surface area contributed by atoms with Gasteiger partial charge in [-0.3, -0.25) is 0 Å². The maximum absolute atomic E-state index is 10.3. The number of benzene rings is 1. The number of hydrogen-bond donors (Lipinski definition) is 1. The second-order valence-electron chi connectivity index (χ2n) is 4.55.